The molecule has 5 rings (SSSR count). The van der Waals surface area contributed by atoms with Gasteiger partial charge in [0.15, 0.2) is 5.76 Å². The second kappa shape index (κ2) is 7.89. The van der Waals surface area contributed by atoms with Crippen LogP contribution in [0.3, 0.4) is 0 Å². The average Bonchev–Trinajstić information content (AvgIpc) is 3.24. The molecule has 2 fully saturated rings. The molecule has 1 unspecified atom stereocenters. The van der Waals surface area contributed by atoms with Crippen molar-refractivity contribution in [1.29, 1.82) is 0 Å². The molecule has 1 saturated carbocycles. The second-order valence-electron chi connectivity index (χ2n) is 8.55. The van der Waals surface area contributed by atoms with Crippen LogP contribution in [0.5, 0.6) is 0 Å². The predicted molar refractivity (Wildman–Crippen MR) is 118 cm³/mol. The molecule has 3 heterocycles. The molecule has 3 aromatic rings. The minimum atomic E-state index is -3.09. The van der Waals surface area contributed by atoms with Crippen molar-refractivity contribution in [3.8, 4) is 23.2 Å². The largest absolute Gasteiger partial charge is 0.385 e. The molecule has 9 heteroatoms. The first-order valence-electron chi connectivity index (χ1n) is 10.5. The van der Waals surface area contributed by atoms with E-state index >= 15 is 0 Å². The minimum absolute atomic E-state index is 0.291. The molecule has 2 aliphatic rings. The lowest BCUT2D eigenvalue weighted by Crippen LogP contribution is -2.30. The Labute approximate surface area is 186 Å². The van der Waals surface area contributed by atoms with Crippen molar-refractivity contribution in [2.45, 2.75) is 19.6 Å². The number of imidazole rings is 1. The molecule has 32 heavy (non-hydrogen) atoms. The summed E-state index contributed by atoms with van der Waals surface area (Å²) in [6.07, 6.45) is 4.07. The van der Waals surface area contributed by atoms with Gasteiger partial charge in [0.2, 0.25) is 10.0 Å². The van der Waals surface area contributed by atoms with Gasteiger partial charge in [0.1, 0.15) is 17.6 Å². The highest BCUT2D eigenvalue weighted by Crippen LogP contribution is 2.51. The van der Waals surface area contributed by atoms with E-state index in [1.165, 1.54) is 6.26 Å². The molecule has 0 radical (unpaired) electrons. The Morgan fingerprint density at radius 1 is 1.25 bits per heavy atom. The zero-order chi connectivity index (χ0) is 22.5. The molecule has 2 aromatic heterocycles. The number of benzene rings is 1. The van der Waals surface area contributed by atoms with Gasteiger partial charge in [-0.1, -0.05) is 17.0 Å². The molecule has 0 amide bonds. The Hall–Kier alpha value is -2.93. The summed E-state index contributed by atoms with van der Waals surface area (Å²) in [6, 6.07) is 9.68. The first kappa shape index (κ1) is 20.9. The van der Waals surface area contributed by atoms with E-state index in [-0.39, 0.29) is 0 Å². The zero-order valence-electron chi connectivity index (χ0n) is 17.8. The Bertz CT molecular complexity index is 1290. The van der Waals surface area contributed by atoms with Crippen molar-refractivity contribution in [3.63, 3.8) is 0 Å². The fourth-order valence-corrected chi connectivity index (χ4v) is 5.26. The summed E-state index contributed by atoms with van der Waals surface area (Å²) in [4.78, 5) is 4.17. The molecule has 0 bridgehead atoms. The smallest absolute Gasteiger partial charge is 0.211 e. The zero-order valence-corrected chi connectivity index (χ0v) is 18.7. The van der Waals surface area contributed by atoms with Gasteiger partial charge >= 0.3 is 0 Å². The first-order chi connectivity index (χ1) is 15.3. The van der Waals surface area contributed by atoms with E-state index in [1.807, 2.05) is 34.9 Å². The van der Waals surface area contributed by atoms with E-state index in [0.717, 1.165) is 16.8 Å². The van der Waals surface area contributed by atoms with Crippen LogP contribution < -0.4 is 0 Å². The van der Waals surface area contributed by atoms with Gasteiger partial charge in [-0.2, -0.15) is 0 Å². The van der Waals surface area contributed by atoms with E-state index in [1.54, 1.807) is 23.6 Å². The summed E-state index contributed by atoms with van der Waals surface area (Å²) >= 11 is 0. The highest BCUT2D eigenvalue weighted by atomic mass is 32.2. The van der Waals surface area contributed by atoms with Crippen LogP contribution in [0.25, 0.3) is 11.3 Å². The van der Waals surface area contributed by atoms with Crippen molar-refractivity contribution in [1.82, 2.24) is 19.0 Å². The topological polar surface area (TPSA) is 101 Å². The third kappa shape index (κ3) is 4.09. The van der Waals surface area contributed by atoms with Crippen molar-refractivity contribution in [3.05, 3.63) is 59.8 Å². The highest BCUT2D eigenvalue weighted by molar-refractivity contribution is 7.88. The van der Waals surface area contributed by atoms with Gasteiger partial charge in [-0.05, 0) is 43.0 Å². The summed E-state index contributed by atoms with van der Waals surface area (Å²) in [5.41, 5.74) is 2.56. The normalized spacial score (nSPS) is 23.4. The SMILES string of the molecule is C[C@H](O)c1nccn1Cc1cc(-c2ccc(C#CC3[C@H]4CN(S(C)(=O)=O)C[C@@H]34)cc2)on1. The number of sulfonamides is 1. The van der Waals surface area contributed by atoms with Gasteiger partial charge < -0.3 is 14.2 Å². The minimum Gasteiger partial charge on any atom is -0.385 e. The van der Waals surface area contributed by atoms with Crippen molar-refractivity contribution in [2.75, 3.05) is 19.3 Å². The number of nitrogens with zero attached hydrogens (tertiary/aromatic N) is 4. The average molecular weight is 453 g/mol. The van der Waals surface area contributed by atoms with Gasteiger partial charge in [0.25, 0.3) is 0 Å². The number of aromatic nitrogens is 3. The lowest BCUT2D eigenvalue weighted by atomic mass is 10.1. The van der Waals surface area contributed by atoms with Gasteiger partial charge in [-0.3, -0.25) is 0 Å². The molecule has 1 aromatic carbocycles. The molecular weight excluding hydrogens is 428 g/mol. The molecule has 0 spiro atoms. The Morgan fingerprint density at radius 2 is 1.97 bits per heavy atom. The van der Waals surface area contributed by atoms with Crippen LogP contribution in [0.15, 0.2) is 47.2 Å². The summed E-state index contributed by atoms with van der Waals surface area (Å²) in [6.45, 7) is 3.33. The van der Waals surface area contributed by atoms with Gasteiger partial charge in [0.05, 0.1) is 12.8 Å². The number of piperidine rings is 1. The molecule has 1 aliphatic heterocycles. The molecule has 1 N–H and O–H groups in total. The molecular formula is C23H24N4O4S. The van der Waals surface area contributed by atoms with E-state index in [9.17, 15) is 13.5 Å². The van der Waals surface area contributed by atoms with Crippen molar-refractivity contribution >= 4 is 10.0 Å². The number of rotatable bonds is 5. The third-order valence-electron chi connectivity index (χ3n) is 6.19. The fourth-order valence-electron chi connectivity index (χ4n) is 4.38. The monoisotopic (exact) mass is 452 g/mol. The maximum Gasteiger partial charge on any atom is 0.211 e. The van der Waals surface area contributed by atoms with Gasteiger partial charge in [0, 0.05) is 48.6 Å². The predicted octanol–water partition coefficient (Wildman–Crippen LogP) is 2.13. The van der Waals surface area contributed by atoms with Crippen molar-refractivity contribution in [2.24, 2.45) is 17.8 Å². The van der Waals surface area contributed by atoms with Gasteiger partial charge in [-0.25, -0.2) is 17.7 Å². The number of aliphatic hydroxyl groups excluding tert-OH is 1. The maximum absolute atomic E-state index is 11.6. The number of aliphatic hydroxyl groups is 1. The molecule has 4 atom stereocenters. The lowest BCUT2D eigenvalue weighted by Gasteiger charge is -2.14. The summed E-state index contributed by atoms with van der Waals surface area (Å²) < 4.78 is 32.1. The third-order valence-corrected chi connectivity index (χ3v) is 7.43. The Kier molecular flexibility index (Phi) is 5.16. The highest BCUT2D eigenvalue weighted by Gasteiger charge is 2.56. The number of hydrogen-bond acceptors (Lipinski definition) is 6. The maximum atomic E-state index is 11.6. The Balaban J connectivity index is 1.22. The van der Waals surface area contributed by atoms with Crippen LogP contribution in [-0.2, 0) is 16.6 Å². The first-order valence-corrected chi connectivity index (χ1v) is 12.4. The van der Waals surface area contributed by atoms with Crippen LogP contribution in [0.2, 0.25) is 0 Å². The van der Waals surface area contributed by atoms with Crippen LogP contribution in [0.1, 0.15) is 30.1 Å². The molecule has 1 aliphatic carbocycles. The van der Waals surface area contributed by atoms with E-state index in [2.05, 4.69) is 22.0 Å². The van der Waals surface area contributed by atoms with Crippen LogP contribution >= 0.6 is 0 Å². The van der Waals surface area contributed by atoms with E-state index in [4.69, 9.17) is 4.52 Å². The quantitative estimate of drug-likeness (QED) is 0.595. The summed E-state index contributed by atoms with van der Waals surface area (Å²) in [7, 11) is -3.09. The standard InChI is InChI=1S/C23H24N4O4S/c1-15(28)23-24-9-10-26(23)12-18-11-22(31-25-18)17-6-3-16(4-7-17)5-8-19-20-13-27(14-21(19)20)32(2,29)30/h3-4,6-7,9-11,15,19-21,28H,12-14H2,1-2H3/t15-,19?,20-,21+/m0/s1. The molecule has 8 nitrogen and oxygen atoms in total. The number of fused-ring (bicyclic) bond motifs is 1. The molecule has 166 valence electrons. The fraction of sp³-hybridized carbons (Fsp3) is 0.391. The summed E-state index contributed by atoms with van der Waals surface area (Å²) in [5.74, 6) is 8.81. The van der Waals surface area contributed by atoms with Crippen LogP contribution in [0.4, 0.5) is 0 Å². The number of hydrogen-bond donors (Lipinski definition) is 1. The van der Waals surface area contributed by atoms with Gasteiger partial charge in [-0.15, -0.1) is 0 Å². The van der Waals surface area contributed by atoms with E-state index < -0.39 is 16.1 Å². The second-order valence-corrected chi connectivity index (χ2v) is 10.5. The Morgan fingerprint density at radius 3 is 2.62 bits per heavy atom. The summed E-state index contributed by atoms with van der Waals surface area (Å²) in [5, 5.41) is 13.9. The van der Waals surface area contributed by atoms with E-state index in [0.29, 0.717) is 49.0 Å². The van der Waals surface area contributed by atoms with Crippen LogP contribution in [-0.4, -0.2) is 51.9 Å². The lowest BCUT2D eigenvalue weighted by molar-refractivity contribution is 0.184. The molecule has 1 saturated heterocycles. The van der Waals surface area contributed by atoms with Crippen molar-refractivity contribution < 1.29 is 18.0 Å². The van der Waals surface area contributed by atoms with Crippen LogP contribution in [0, 0.1) is 29.6 Å².